The summed E-state index contributed by atoms with van der Waals surface area (Å²) >= 11 is 0. The standard InChI is InChI=1S/C15H14N2O3/c1-15(12-8-5-9-20-12)13(18)17(14(19)16-15)10-11-6-3-2-4-7-11/h2-9H,10H2,1H3,(H,16,19)/t15-/m0/s1. The normalized spacial score (nSPS) is 22.1. The molecular formula is C15H14N2O3. The zero-order chi connectivity index (χ0) is 14.2. The first-order chi connectivity index (χ1) is 9.61. The van der Waals surface area contributed by atoms with Crippen LogP contribution in [0.3, 0.4) is 0 Å². The molecule has 0 spiro atoms. The SMILES string of the molecule is C[C@@]1(c2ccco2)NC(=O)N(Cc2ccccc2)C1=O. The fourth-order valence-corrected chi connectivity index (χ4v) is 2.34. The molecule has 5 heteroatoms. The third-order valence-electron chi connectivity index (χ3n) is 3.47. The summed E-state index contributed by atoms with van der Waals surface area (Å²) < 4.78 is 5.28. The molecule has 0 unspecified atom stereocenters. The second-order valence-corrected chi connectivity index (χ2v) is 4.91. The molecule has 3 rings (SSSR count). The summed E-state index contributed by atoms with van der Waals surface area (Å²) in [6, 6.07) is 12.4. The van der Waals surface area contributed by atoms with Crippen LogP contribution >= 0.6 is 0 Å². The quantitative estimate of drug-likeness (QED) is 0.870. The molecule has 1 fully saturated rings. The van der Waals surface area contributed by atoms with Gasteiger partial charge >= 0.3 is 6.03 Å². The molecule has 3 amide bonds. The Morgan fingerprint density at radius 3 is 2.55 bits per heavy atom. The van der Waals surface area contributed by atoms with Gasteiger partial charge in [0.1, 0.15) is 5.76 Å². The number of imide groups is 1. The minimum absolute atomic E-state index is 0.252. The number of nitrogens with zero attached hydrogens (tertiary/aromatic N) is 1. The third kappa shape index (κ3) is 1.87. The van der Waals surface area contributed by atoms with Gasteiger partial charge in [0.05, 0.1) is 12.8 Å². The maximum Gasteiger partial charge on any atom is 0.325 e. The molecule has 1 aliphatic rings. The number of amides is 3. The van der Waals surface area contributed by atoms with Gasteiger partial charge in [-0.25, -0.2) is 4.79 Å². The van der Waals surface area contributed by atoms with E-state index in [0.717, 1.165) is 5.56 Å². The first-order valence-corrected chi connectivity index (χ1v) is 6.33. The Balaban J connectivity index is 1.88. The molecule has 0 saturated carbocycles. The summed E-state index contributed by atoms with van der Waals surface area (Å²) in [6.07, 6.45) is 1.49. The molecule has 2 aromatic rings. The Kier molecular flexibility index (Phi) is 2.82. The van der Waals surface area contributed by atoms with E-state index in [4.69, 9.17) is 4.42 Å². The van der Waals surface area contributed by atoms with E-state index >= 15 is 0 Å². The molecule has 1 N–H and O–H groups in total. The van der Waals surface area contributed by atoms with E-state index in [9.17, 15) is 9.59 Å². The third-order valence-corrected chi connectivity index (χ3v) is 3.47. The van der Waals surface area contributed by atoms with Gasteiger partial charge in [0.15, 0.2) is 5.54 Å². The molecule has 1 aromatic heterocycles. The van der Waals surface area contributed by atoms with Gasteiger partial charge in [-0.2, -0.15) is 0 Å². The van der Waals surface area contributed by atoms with Crippen LogP contribution in [0.15, 0.2) is 53.1 Å². The molecule has 5 nitrogen and oxygen atoms in total. The van der Waals surface area contributed by atoms with Gasteiger partial charge in [-0.1, -0.05) is 30.3 Å². The van der Waals surface area contributed by atoms with Gasteiger partial charge in [-0.05, 0) is 24.6 Å². The van der Waals surface area contributed by atoms with Crippen molar-refractivity contribution >= 4 is 11.9 Å². The molecule has 102 valence electrons. The fraction of sp³-hybridized carbons (Fsp3) is 0.200. The Labute approximate surface area is 116 Å². The summed E-state index contributed by atoms with van der Waals surface area (Å²) in [4.78, 5) is 25.8. The van der Waals surface area contributed by atoms with Crippen molar-refractivity contribution in [3.8, 4) is 0 Å². The second-order valence-electron chi connectivity index (χ2n) is 4.91. The van der Waals surface area contributed by atoms with E-state index in [2.05, 4.69) is 5.32 Å². The van der Waals surface area contributed by atoms with Crippen molar-refractivity contribution in [3.05, 3.63) is 60.1 Å². The van der Waals surface area contributed by atoms with Crippen molar-refractivity contribution < 1.29 is 14.0 Å². The van der Waals surface area contributed by atoms with Gasteiger partial charge in [0, 0.05) is 0 Å². The lowest BCUT2D eigenvalue weighted by Gasteiger charge is -2.19. The Morgan fingerprint density at radius 2 is 1.90 bits per heavy atom. The van der Waals surface area contributed by atoms with Crippen LogP contribution in [-0.2, 0) is 16.9 Å². The van der Waals surface area contributed by atoms with Crippen molar-refractivity contribution in [2.45, 2.75) is 19.0 Å². The van der Waals surface area contributed by atoms with Crippen LogP contribution < -0.4 is 5.32 Å². The number of hydrogen-bond acceptors (Lipinski definition) is 3. The van der Waals surface area contributed by atoms with Gasteiger partial charge in [-0.15, -0.1) is 0 Å². The number of furan rings is 1. The molecule has 0 bridgehead atoms. The first kappa shape index (κ1) is 12.5. The van der Waals surface area contributed by atoms with E-state index in [1.807, 2.05) is 30.3 Å². The Hall–Kier alpha value is -2.56. The maximum atomic E-state index is 12.5. The van der Waals surface area contributed by atoms with Crippen LogP contribution in [0.4, 0.5) is 4.79 Å². The van der Waals surface area contributed by atoms with Gasteiger partial charge < -0.3 is 9.73 Å². The summed E-state index contributed by atoms with van der Waals surface area (Å²) in [5.74, 6) is 0.132. The summed E-state index contributed by atoms with van der Waals surface area (Å²) in [6.45, 7) is 1.90. The molecule has 0 radical (unpaired) electrons. The van der Waals surface area contributed by atoms with Gasteiger partial charge in [0.2, 0.25) is 0 Å². The van der Waals surface area contributed by atoms with Gasteiger partial charge in [0.25, 0.3) is 5.91 Å². The van der Waals surface area contributed by atoms with E-state index in [1.165, 1.54) is 11.2 Å². The molecule has 2 heterocycles. The predicted octanol–water partition coefficient (Wildman–Crippen LogP) is 2.25. The smallest absolute Gasteiger partial charge is 0.325 e. The largest absolute Gasteiger partial charge is 0.466 e. The van der Waals surface area contributed by atoms with Crippen LogP contribution in [-0.4, -0.2) is 16.8 Å². The fourth-order valence-electron chi connectivity index (χ4n) is 2.34. The zero-order valence-electron chi connectivity index (χ0n) is 11.0. The summed E-state index contributed by atoms with van der Waals surface area (Å²) in [5, 5.41) is 2.70. The van der Waals surface area contributed by atoms with Crippen molar-refractivity contribution in [2.24, 2.45) is 0 Å². The monoisotopic (exact) mass is 270 g/mol. The summed E-state index contributed by atoms with van der Waals surface area (Å²) in [5.41, 5.74) is -0.227. The number of hydrogen-bond donors (Lipinski definition) is 1. The van der Waals surface area contributed by atoms with Gasteiger partial charge in [-0.3, -0.25) is 9.69 Å². The minimum atomic E-state index is -1.13. The number of carbonyl (C=O) groups is 2. The van der Waals surface area contributed by atoms with Crippen molar-refractivity contribution in [1.29, 1.82) is 0 Å². The number of carbonyl (C=O) groups excluding carboxylic acids is 2. The van der Waals surface area contributed by atoms with Crippen LogP contribution in [0.5, 0.6) is 0 Å². The lowest BCUT2D eigenvalue weighted by molar-refractivity contribution is -0.132. The number of rotatable bonds is 3. The maximum absolute atomic E-state index is 12.5. The number of benzene rings is 1. The van der Waals surface area contributed by atoms with Crippen LogP contribution in [0.1, 0.15) is 18.2 Å². The van der Waals surface area contributed by atoms with Crippen molar-refractivity contribution in [1.82, 2.24) is 10.2 Å². The topological polar surface area (TPSA) is 62.6 Å². The summed E-state index contributed by atoms with van der Waals surface area (Å²) in [7, 11) is 0. The molecule has 1 aliphatic heterocycles. The average Bonchev–Trinajstić information content (AvgIpc) is 3.05. The molecule has 20 heavy (non-hydrogen) atoms. The van der Waals surface area contributed by atoms with Crippen LogP contribution in [0.25, 0.3) is 0 Å². The zero-order valence-corrected chi connectivity index (χ0v) is 11.0. The van der Waals surface area contributed by atoms with Crippen LogP contribution in [0.2, 0.25) is 0 Å². The molecule has 1 aromatic carbocycles. The highest BCUT2D eigenvalue weighted by atomic mass is 16.3. The Morgan fingerprint density at radius 1 is 1.15 bits per heavy atom. The van der Waals surface area contributed by atoms with E-state index in [-0.39, 0.29) is 12.5 Å². The van der Waals surface area contributed by atoms with Crippen LogP contribution in [0, 0.1) is 0 Å². The number of nitrogens with one attached hydrogen (secondary N) is 1. The highest BCUT2D eigenvalue weighted by Crippen LogP contribution is 2.29. The lowest BCUT2D eigenvalue weighted by atomic mass is 9.99. The molecular weight excluding hydrogens is 256 g/mol. The van der Waals surface area contributed by atoms with Crippen molar-refractivity contribution in [3.63, 3.8) is 0 Å². The van der Waals surface area contributed by atoms with Crippen molar-refractivity contribution in [2.75, 3.05) is 0 Å². The second kappa shape index (κ2) is 4.52. The minimum Gasteiger partial charge on any atom is -0.466 e. The highest BCUT2D eigenvalue weighted by molar-refractivity contribution is 6.06. The van der Waals surface area contributed by atoms with E-state index < -0.39 is 11.6 Å². The lowest BCUT2D eigenvalue weighted by Crippen LogP contribution is -2.40. The van der Waals surface area contributed by atoms with E-state index in [0.29, 0.717) is 5.76 Å². The highest BCUT2D eigenvalue weighted by Gasteiger charge is 2.50. The molecule has 1 saturated heterocycles. The Bertz CT molecular complexity index is 636. The average molecular weight is 270 g/mol. The predicted molar refractivity (Wildman–Crippen MR) is 71.6 cm³/mol. The number of urea groups is 1. The molecule has 1 atom stereocenters. The first-order valence-electron chi connectivity index (χ1n) is 6.33. The molecule has 0 aliphatic carbocycles. The van der Waals surface area contributed by atoms with E-state index in [1.54, 1.807) is 19.1 Å².